The number of rotatable bonds is 5. The van der Waals surface area contributed by atoms with Crippen LogP contribution in [0.3, 0.4) is 0 Å². The molecule has 0 N–H and O–H groups in total. The fourth-order valence-electron chi connectivity index (χ4n) is 1.03. The highest BCUT2D eigenvalue weighted by Crippen LogP contribution is 2.25. The number of thioether (sulfide) groups is 1. The van der Waals surface area contributed by atoms with Gasteiger partial charge in [-0.2, -0.15) is 11.8 Å². The molecule has 0 aromatic heterocycles. The number of halogens is 4. The molecule has 0 atom stereocenters. The van der Waals surface area contributed by atoms with E-state index < -0.39 is 11.6 Å². The molecule has 0 aliphatic carbocycles. The van der Waals surface area contributed by atoms with Crippen LogP contribution in [0.25, 0.3) is 0 Å². The summed E-state index contributed by atoms with van der Waals surface area (Å²) in [5, 5.41) is 0. The highest BCUT2D eigenvalue weighted by molar-refractivity contribution is 9.10. The van der Waals surface area contributed by atoms with Gasteiger partial charge in [0.1, 0.15) is 11.6 Å². The lowest BCUT2D eigenvalue weighted by atomic mass is 10.2. The van der Waals surface area contributed by atoms with E-state index in [0.717, 1.165) is 12.2 Å². The minimum Gasteiger partial charge on any atom is -0.207 e. The molecule has 0 aliphatic rings. The maximum atomic E-state index is 13.4. The van der Waals surface area contributed by atoms with E-state index in [1.807, 2.05) is 0 Å². The van der Waals surface area contributed by atoms with Gasteiger partial charge < -0.3 is 0 Å². The van der Waals surface area contributed by atoms with Crippen LogP contribution in [-0.2, 0) is 5.75 Å². The van der Waals surface area contributed by atoms with Gasteiger partial charge >= 0.3 is 0 Å². The van der Waals surface area contributed by atoms with Gasteiger partial charge in [0.25, 0.3) is 0 Å². The second-order valence-corrected chi connectivity index (χ2v) is 5.25. The van der Waals surface area contributed by atoms with Gasteiger partial charge in [0.05, 0.1) is 4.47 Å². The third-order valence-corrected chi connectivity index (χ3v) is 3.76. The maximum Gasteiger partial charge on any atom is 0.144 e. The summed E-state index contributed by atoms with van der Waals surface area (Å²) in [6.45, 7) is 0. The van der Waals surface area contributed by atoms with Crippen LogP contribution in [0, 0.1) is 11.6 Å². The lowest BCUT2D eigenvalue weighted by Gasteiger charge is -2.05. The molecule has 15 heavy (non-hydrogen) atoms. The summed E-state index contributed by atoms with van der Waals surface area (Å²) in [6.07, 6.45) is 0.851. The lowest BCUT2D eigenvalue weighted by molar-refractivity contribution is 0.562. The molecule has 0 saturated carbocycles. The summed E-state index contributed by atoms with van der Waals surface area (Å²) in [7, 11) is 0. The minimum absolute atomic E-state index is 0.129. The smallest absolute Gasteiger partial charge is 0.144 e. The van der Waals surface area contributed by atoms with Crippen LogP contribution in [0.2, 0.25) is 0 Å². The van der Waals surface area contributed by atoms with E-state index in [1.165, 1.54) is 23.9 Å². The van der Waals surface area contributed by atoms with Crippen LogP contribution in [0.4, 0.5) is 8.78 Å². The number of hydrogen-bond acceptors (Lipinski definition) is 1. The van der Waals surface area contributed by atoms with Crippen LogP contribution in [0.5, 0.6) is 0 Å². The Labute approximate surface area is 106 Å². The second-order valence-electron chi connectivity index (χ2n) is 2.92. The minimum atomic E-state index is -0.506. The largest absolute Gasteiger partial charge is 0.207 e. The molecule has 84 valence electrons. The Morgan fingerprint density at radius 1 is 1.33 bits per heavy atom. The van der Waals surface area contributed by atoms with Crippen molar-refractivity contribution in [2.75, 3.05) is 11.6 Å². The zero-order valence-corrected chi connectivity index (χ0v) is 11.1. The molecule has 0 heterocycles. The molecule has 1 aromatic rings. The van der Waals surface area contributed by atoms with Gasteiger partial charge in [-0.25, -0.2) is 8.78 Å². The summed E-state index contributed by atoms with van der Waals surface area (Å²) in [5.41, 5.74) is 0.129. The fourth-order valence-corrected chi connectivity index (χ4v) is 2.66. The zero-order valence-electron chi connectivity index (χ0n) is 7.90. The molecule has 1 aromatic carbocycles. The first-order chi connectivity index (χ1) is 7.16. The van der Waals surface area contributed by atoms with E-state index in [9.17, 15) is 8.78 Å². The summed E-state index contributed by atoms with van der Waals surface area (Å²) in [5.74, 6) is 0.738. The lowest BCUT2D eigenvalue weighted by Crippen LogP contribution is -1.95. The van der Waals surface area contributed by atoms with Crippen molar-refractivity contribution in [1.82, 2.24) is 0 Å². The summed E-state index contributed by atoms with van der Waals surface area (Å²) >= 11 is 10.0. The average Bonchev–Trinajstić information content (AvgIpc) is 2.23. The molecule has 0 spiro atoms. The summed E-state index contributed by atoms with van der Waals surface area (Å²) < 4.78 is 27.0. The van der Waals surface area contributed by atoms with Crippen LogP contribution in [-0.4, -0.2) is 11.6 Å². The second kappa shape index (κ2) is 6.71. The Hall–Kier alpha value is 0.200. The summed E-state index contributed by atoms with van der Waals surface area (Å²) in [6, 6.07) is 2.64. The predicted molar refractivity (Wildman–Crippen MR) is 65.6 cm³/mol. The third-order valence-electron chi connectivity index (χ3n) is 1.81. The van der Waals surface area contributed by atoms with Gasteiger partial charge in [0.2, 0.25) is 0 Å². The molecule has 0 radical (unpaired) electrons. The molecular formula is C10H10BrClF2S. The van der Waals surface area contributed by atoms with E-state index in [1.54, 1.807) is 0 Å². The highest BCUT2D eigenvalue weighted by atomic mass is 79.9. The van der Waals surface area contributed by atoms with Crippen molar-refractivity contribution in [3.05, 3.63) is 33.8 Å². The molecule has 0 bridgehead atoms. The van der Waals surface area contributed by atoms with E-state index in [0.29, 0.717) is 16.1 Å². The van der Waals surface area contributed by atoms with Crippen molar-refractivity contribution in [3.63, 3.8) is 0 Å². The maximum absolute atomic E-state index is 13.4. The Kier molecular flexibility index (Phi) is 5.94. The van der Waals surface area contributed by atoms with Crippen LogP contribution >= 0.6 is 39.3 Å². The van der Waals surface area contributed by atoms with Crippen molar-refractivity contribution in [1.29, 1.82) is 0 Å². The van der Waals surface area contributed by atoms with Gasteiger partial charge in [-0.1, -0.05) is 0 Å². The first-order valence-electron chi connectivity index (χ1n) is 4.43. The molecule has 0 nitrogen and oxygen atoms in total. The van der Waals surface area contributed by atoms with Gasteiger partial charge in [-0.15, -0.1) is 11.6 Å². The fraction of sp³-hybridized carbons (Fsp3) is 0.400. The first kappa shape index (κ1) is 13.3. The Balaban J connectivity index is 2.63. The zero-order chi connectivity index (χ0) is 11.3. The molecular weight excluding hydrogens is 306 g/mol. The van der Waals surface area contributed by atoms with Crippen LogP contribution in [0.1, 0.15) is 12.0 Å². The predicted octanol–water partition coefficient (Wildman–Crippen LogP) is 4.59. The normalized spacial score (nSPS) is 10.7. The Morgan fingerprint density at radius 3 is 2.73 bits per heavy atom. The van der Waals surface area contributed by atoms with Gasteiger partial charge in [0, 0.05) is 17.2 Å². The molecule has 0 amide bonds. The topological polar surface area (TPSA) is 0 Å². The molecule has 0 aliphatic heterocycles. The molecule has 0 saturated heterocycles. The molecule has 1 rings (SSSR count). The van der Waals surface area contributed by atoms with Crippen LogP contribution in [0.15, 0.2) is 16.6 Å². The van der Waals surface area contributed by atoms with E-state index in [-0.39, 0.29) is 5.56 Å². The molecule has 0 unspecified atom stereocenters. The number of alkyl halides is 1. The van der Waals surface area contributed by atoms with Crippen molar-refractivity contribution >= 4 is 39.3 Å². The molecule has 0 fully saturated rings. The van der Waals surface area contributed by atoms with Gasteiger partial charge in [0.15, 0.2) is 0 Å². The Bertz CT molecular complexity index is 333. The monoisotopic (exact) mass is 314 g/mol. The van der Waals surface area contributed by atoms with E-state index in [4.69, 9.17) is 11.6 Å². The highest BCUT2D eigenvalue weighted by Gasteiger charge is 2.11. The van der Waals surface area contributed by atoms with E-state index in [2.05, 4.69) is 15.9 Å². The summed E-state index contributed by atoms with van der Waals surface area (Å²) in [4.78, 5) is 0. The van der Waals surface area contributed by atoms with E-state index >= 15 is 0 Å². The quantitative estimate of drug-likeness (QED) is 0.435. The van der Waals surface area contributed by atoms with Crippen LogP contribution < -0.4 is 0 Å². The van der Waals surface area contributed by atoms with Crippen molar-refractivity contribution in [2.45, 2.75) is 12.2 Å². The Morgan fingerprint density at radius 2 is 2.07 bits per heavy atom. The van der Waals surface area contributed by atoms with Gasteiger partial charge in [-0.3, -0.25) is 0 Å². The first-order valence-corrected chi connectivity index (χ1v) is 6.91. The molecule has 5 heteroatoms. The van der Waals surface area contributed by atoms with Crippen molar-refractivity contribution in [3.8, 4) is 0 Å². The SMILES string of the molecule is Fc1ccc(Br)c(F)c1CSCCCCl. The number of hydrogen-bond donors (Lipinski definition) is 0. The standard InChI is InChI=1S/C10H10BrClF2S/c11-8-2-3-9(13)7(10(8)14)6-15-5-1-4-12/h2-3H,1,4-6H2. The third kappa shape index (κ3) is 3.93. The van der Waals surface area contributed by atoms with Crippen molar-refractivity contribution < 1.29 is 8.78 Å². The van der Waals surface area contributed by atoms with Gasteiger partial charge in [-0.05, 0) is 40.2 Å². The number of benzene rings is 1. The average molecular weight is 316 g/mol. The van der Waals surface area contributed by atoms with Crippen molar-refractivity contribution in [2.24, 2.45) is 0 Å².